The van der Waals surface area contributed by atoms with E-state index in [4.69, 9.17) is 0 Å². The van der Waals surface area contributed by atoms with Gasteiger partial charge in [-0.05, 0) is 19.8 Å². The Morgan fingerprint density at radius 2 is 1.60 bits per heavy atom. The van der Waals surface area contributed by atoms with Gasteiger partial charge in [0.25, 0.3) is 0 Å². The molecule has 1 unspecified atom stereocenters. The zero-order valence-electron chi connectivity index (χ0n) is 7.04. The van der Waals surface area contributed by atoms with E-state index >= 15 is 0 Å². The summed E-state index contributed by atoms with van der Waals surface area (Å²) in [4.78, 5) is 0. The predicted octanol–water partition coefficient (Wildman–Crippen LogP) is 3.33. The molecule has 0 spiro atoms. The van der Waals surface area contributed by atoms with E-state index in [1.165, 1.54) is 0 Å². The highest BCUT2D eigenvalue weighted by Gasteiger charge is 1.83. The Morgan fingerprint density at radius 3 is 2.10 bits per heavy atom. The second-order valence-electron chi connectivity index (χ2n) is 2.30. The SMILES string of the molecule is C/C=C\C(C)/C=C/C=C/C. The first-order chi connectivity index (χ1) is 4.81. The molecule has 0 aromatic heterocycles. The lowest BCUT2D eigenvalue weighted by Gasteiger charge is -1.93. The smallest absolute Gasteiger partial charge is 0.00789 e. The molecule has 0 aliphatic rings. The third-order valence-electron chi connectivity index (χ3n) is 1.21. The zero-order chi connectivity index (χ0) is 7.82. The molecule has 10 heavy (non-hydrogen) atoms. The second-order valence-corrected chi connectivity index (χ2v) is 2.30. The van der Waals surface area contributed by atoms with Crippen LogP contribution in [0, 0.1) is 5.92 Å². The van der Waals surface area contributed by atoms with Gasteiger partial charge in [-0.25, -0.2) is 0 Å². The molecule has 0 fully saturated rings. The first kappa shape index (κ1) is 9.22. The van der Waals surface area contributed by atoms with E-state index in [2.05, 4.69) is 31.2 Å². The summed E-state index contributed by atoms with van der Waals surface area (Å²) in [7, 11) is 0. The van der Waals surface area contributed by atoms with Gasteiger partial charge in [0.05, 0.1) is 0 Å². The van der Waals surface area contributed by atoms with Crippen molar-refractivity contribution in [1.29, 1.82) is 0 Å². The molecule has 0 aliphatic heterocycles. The van der Waals surface area contributed by atoms with Gasteiger partial charge in [-0.1, -0.05) is 43.4 Å². The molecular formula is C10H16. The Morgan fingerprint density at radius 1 is 0.900 bits per heavy atom. The Balaban J connectivity index is 3.65. The monoisotopic (exact) mass is 136 g/mol. The number of hydrogen-bond donors (Lipinski definition) is 0. The van der Waals surface area contributed by atoms with Crippen LogP contribution in [0.2, 0.25) is 0 Å². The lowest BCUT2D eigenvalue weighted by Crippen LogP contribution is -1.79. The predicted molar refractivity (Wildman–Crippen MR) is 47.9 cm³/mol. The maximum Gasteiger partial charge on any atom is -0.00789 e. The van der Waals surface area contributed by atoms with Crippen LogP contribution >= 0.6 is 0 Å². The second kappa shape index (κ2) is 6.34. The van der Waals surface area contributed by atoms with E-state index in [0.29, 0.717) is 5.92 Å². The fraction of sp³-hybridized carbons (Fsp3) is 0.400. The van der Waals surface area contributed by atoms with Gasteiger partial charge in [0.15, 0.2) is 0 Å². The van der Waals surface area contributed by atoms with Crippen molar-refractivity contribution in [2.24, 2.45) is 5.92 Å². The molecule has 0 radical (unpaired) electrons. The molecule has 0 nitrogen and oxygen atoms in total. The molecule has 0 aliphatic carbocycles. The topological polar surface area (TPSA) is 0 Å². The number of hydrogen-bond acceptors (Lipinski definition) is 0. The summed E-state index contributed by atoms with van der Waals surface area (Å²) in [5, 5.41) is 0. The maximum atomic E-state index is 2.17. The molecule has 0 N–H and O–H groups in total. The summed E-state index contributed by atoms with van der Waals surface area (Å²) < 4.78 is 0. The van der Waals surface area contributed by atoms with Crippen molar-refractivity contribution in [3.05, 3.63) is 36.5 Å². The van der Waals surface area contributed by atoms with E-state index in [9.17, 15) is 0 Å². The average molecular weight is 136 g/mol. The highest BCUT2D eigenvalue weighted by atomic mass is 13.9. The van der Waals surface area contributed by atoms with Crippen molar-refractivity contribution in [2.45, 2.75) is 20.8 Å². The average Bonchev–Trinajstić information content (AvgIpc) is 1.89. The van der Waals surface area contributed by atoms with Crippen molar-refractivity contribution in [3.63, 3.8) is 0 Å². The molecule has 0 aromatic rings. The minimum atomic E-state index is 0.557. The van der Waals surface area contributed by atoms with Crippen molar-refractivity contribution in [3.8, 4) is 0 Å². The molecule has 0 bridgehead atoms. The van der Waals surface area contributed by atoms with Crippen LogP contribution in [0.1, 0.15) is 20.8 Å². The molecule has 0 saturated heterocycles. The zero-order valence-corrected chi connectivity index (χ0v) is 7.04. The third-order valence-corrected chi connectivity index (χ3v) is 1.21. The molecule has 0 saturated carbocycles. The third kappa shape index (κ3) is 5.36. The van der Waals surface area contributed by atoms with Gasteiger partial charge < -0.3 is 0 Å². The highest BCUT2D eigenvalue weighted by Crippen LogP contribution is 1.98. The van der Waals surface area contributed by atoms with Crippen LogP contribution in [0.5, 0.6) is 0 Å². The molecule has 0 amide bonds. The molecule has 0 aromatic carbocycles. The minimum absolute atomic E-state index is 0.557. The minimum Gasteiger partial charge on any atom is -0.0911 e. The van der Waals surface area contributed by atoms with Gasteiger partial charge in [0.2, 0.25) is 0 Å². The van der Waals surface area contributed by atoms with E-state index in [1.54, 1.807) is 0 Å². The van der Waals surface area contributed by atoms with E-state index in [-0.39, 0.29) is 0 Å². The highest BCUT2D eigenvalue weighted by molar-refractivity contribution is 5.06. The molecule has 0 rings (SSSR count). The first-order valence-corrected chi connectivity index (χ1v) is 3.73. The van der Waals surface area contributed by atoms with Crippen LogP contribution in [-0.4, -0.2) is 0 Å². The quantitative estimate of drug-likeness (QED) is 0.412. The van der Waals surface area contributed by atoms with Gasteiger partial charge in [-0.15, -0.1) is 0 Å². The van der Waals surface area contributed by atoms with Gasteiger partial charge in [0, 0.05) is 0 Å². The largest absolute Gasteiger partial charge is 0.0911 e. The number of rotatable bonds is 3. The Bertz CT molecular complexity index is 138. The summed E-state index contributed by atoms with van der Waals surface area (Å²) in [6, 6.07) is 0. The van der Waals surface area contributed by atoms with E-state index < -0.39 is 0 Å². The van der Waals surface area contributed by atoms with Crippen LogP contribution in [-0.2, 0) is 0 Å². The first-order valence-electron chi connectivity index (χ1n) is 3.73. The molecular weight excluding hydrogens is 120 g/mol. The summed E-state index contributed by atoms with van der Waals surface area (Å²) in [5.74, 6) is 0.557. The molecule has 0 heterocycles. The van der Waals surface area contributed by atoms with Crippen molar-refractivity contribution < 1.29 is 0 Å². The van der Waals surface area contributed by atoms with Crippen LogP contribution < -0.4 is 0 Å². The number of allylic oxidation sites excluding steroid dienone is 6. The molecule has 0 heteroatoms. The van der Waals surface area contributed by atoms with Gasteiger partial charge in [0.1, 0.15) is 0 Å². The summed E-state index contributed by atoms with van der Waals surface area (Å²) in [5.41, 5.74) is 0. The van der Waals surface area contributed by atoms with Crippen LogP contribution in [0.4, 0.5) is 0 Å². The Kier molecular flexibility index (Phi) is 5.85. The van der Waals surface area contributed by atoms with E-state index in [0.717, 1.165) is 0 Å². The molecule has 1 atom stereocenters. The Hall–Kier alpha value is -0.780. The van der Waals surface area contributed by atoms with E-state index in [1.807, 2.05) is 26.0 Å². The lowest BCUT2D eigenvalue weighted by atomic mass is 10.1. The maximum absolute atomic E-state index is 2.17. The Labute approximate surface area is 64.0 Å². The van der Waals surface area contributed by atoms with Crippen molar-refractivity contribution in [1.82, 2.24) is 0 Å². The lowest BCUT2D eigenvalue weighted by molar-refractivity contribution is 0.937. The standard InChI is InChI=1S/C10H16/c1-4-6-7-9-10(3)8-5-2/h4-10H,1-3H3/b6-4+,8-5-,9-7+. The molecule has 56 valence electrons. The fourth-order valence-electron chi connectivity index (χ4n) is 0.718. The summed E-state index contributed by atoms with van der Waals surface area (Å²) in [6.07, 6.45) is 12.5. The summed E-state index contributed by atoms with van der Waals surface area (Å²) >= 11 is 0. The van der Waals surface area contributed by atoms with Crippen LogP contribution in [0.25, 0.3) is 0 Å². The van der Waals surface area contributed by atoms with Crippen LogP contribution in [0.15, 0.2) is 36.5 Å². The normalized spacial score (nSPS) is 15.9. The fourth-order valence-corrected chi connectivity index (χ4v) is 0.718. The van der Waals surface area contributed by atoms with Gasteiger partial charge in [-0.3, -0.25) is 0 Å². The van der Waals surface area contributed by atoms with Crippen LogP contribution in [0.3, 0.4) is 0 Å². The van der Waals surface area contributed by atoms with Gasteiger partial charge >= 0.3 is 0 Å². The van der Waals surface area contributed by atoms with Crippen molar-refractivity contribution >= 4 is 0 Å². The van der Waals surface area contributed by atoms with Gasteiger partial charge in [-0.2, -0.15) is 0 Å². The summed E-state index contributed by atoms with van der Waals surface area (Å²) in [6.45, 7) is 6.23. The van der Waals surface area contributed by atoms with Crippen molar-refractivity contribution in [2.75, 3.05) is 0 Å².